The van der Waals surface area contributed by atoms with E-state index in [4.69, 9.17) is 4.74 Å². The zero-order valence-electron chi connectivity index (χ0n) is 13.3. The number of hydrogen-bond acceptors (Lipinski definition) is 4. The normalized spacial score (nSPS) is 23.0. The summed E-state index contributed by atoms with van der Waals surface area (Å²) in [6, 6.07) is 13.4. The first kappa shape index (κ1) is 16.6. The molecule has 3 rings (SSSR count). The molecule has 0 radical (unpaired) electrons. The molecule has 2 unspecified atom stereocenters. The van der Waals surface area contributed by atoms with E-state index in [2.05, 4.69) is 0 Å². The molecule has 0 spiro atoms. The first-order valence-corrected chi connectivity index (χ1v) is 10.1. The van der Waals surface area contributed by atoms with Crippen LogP contribution in [0.4, 0.5) is 0 Å². The second kappa shape index (κ2) is 6.73. The van der Waals surface area contributed by atoms with Crippen LogP contribution in [0.25, 0.3) is 0 Å². The lowest BCUT2D eigenvalue weighted by Crippen LogP contribution is -2.45. The summed E-state index contributed by atoms with van der Waals surface area (Å²) in [5.74, 6) is 0. The van der Waals surface area contributed by atoms with Crippen LogP contribution in [0.3, 0.4) is 0 Å². The number of rotatable bonds is 4. The monoisotopic (exact) mass is 351 g/mol. The van der Waals surface area contributed by atoms with Gasteiger partial charge in [-0.2, -0.15) is 4.31 Å². The van der Waals surface area contributed by atoms with Crippen molar-refractivity contribution in [2.45, 2.75) is 36.7 Å². The second-order valence-electron chi connectivity index (χ2n) is 5.74. The molecule has 0 bridgehead atoms. The fraction of sp³-hybridized carbons (Fsp3) is 0.412. The molecule has 0 aliphatic carbocycles. The van der Waals surface area contributed by atoms with E-state index in [1.165, 1.54) is 11.3 Å². The van der Waals surface area contributed by atoms with Gasteiger partial charge in [0.2, 0.25) is 0 Å². The van der Waals surface area contributed by atoms with Gasteiger partial charge in [0.25, 0.3) is 10.0 Å². The molecule has 1 aromatic carbocycles. The predicted molar refractivity (Wildman–Crippen MR) is 92.2 cm³/mol. The molecular weight excluding hydrogens is 330 g/mol. The summed E-state index contributed by atoms with van der Waals surface area (Å²) in [5, 5.41) is 0. The SMILES string of the molecule is CCc1ccc(S(=O)(=O)N2CC(C)OC(c3ccccc3)C2)s1. The predicted octanol–water partition coefficient (Wildman–Crippen LogP) is 3.46. The van der Waals surface area contributed by atoms with E-state index in [9.17, 15) is 8.42 Å². The van der Waals surface area contributed by atoms with Gasteiger partial charge in [-0.25, -0.2) is 8.42 Å². The van der Waals surface area contributed by atoms with Gasteiger partial charge in [-0.05, 0) is 31.0 Å². The van der Waals surface area contributed by atoms with Gasteiger partial charge in [0, 0.05) is 18.0 Å². The third-order valence-electron chi connectivity index (χ3n) is 3.98. The van der Waals surface area contributed by atoms with Crippen LogP contribution >= 0.6 is 11.3 Å². The molecule has 1 aliphatic heterocycles. The van der Waals surface area contributed by atoms with Crippen molar-refractivity contribution in [2.24, 2.45) is 0 Å². The largest absolute Gasteiger partial charge is 0.368 e. The topological polar surface area (TPSA) is 46.6 Å². The van der Waals surface area contributed by atoms with Gasteiger partial charge in [-0.1, -0.05) is 37.3 Å². The number of ether oxygens (including phenoxy) is 1. The Balaban J connectivity index is 1.86. The Bertz CT molecular complexity index is 755. The number of aryl methyl sites for hydroxylation is 1. The van der Waals surface area contributed by atoms with Crippen molar-refractivity contribution in [1.29, 1.82) is 0 Å². The lowest BCUT2D eigenvalue weighted by Gasteiger charge is -2.35. The summed E-state index contributed by atoms with van der Waals surface area (Å²) in [5.41, 5.74) is 1.01. The van der Waals surface area contributed by atoms with Gasteiger partial charge in [0.15, 0.2) is 0 Å². The summed E-state index contributed by atoms with van der Waals surface area (Å²) >= 11 is 1.36. The zero-order chi connectivity index (χ0) is 16.4. The summed E-state index contributed by atoms with van der Waals surface area (Å²) in [7, 11) is -3.45. The highest BCUT2D eigenvalue weighted by Gasteiger charge is 2.35. The molecule has 0 N–H and O–H groups in total. The van der Waals surface area contributed by atoms with Gasteiger partial charge in [0.1, 0.15) is 4.21 Å². The van der Waals surface area contributed by atoms with E-state index in [1.807, 2.05) is 50.2 Å². The minimum atomic E-state index is -3.45. The van der Waals surface area contributed by atoms with E-state index in [-0.39, 0.29) is 12.2 Å². The lowest BCUT2D eigenvalue weighted by atomic mass is 10.1. The third kappa shape index (κ3) is 3.50. The van der Waals surface area contributed by atoms with Gasteiger partial charge >= 0.3 is 0 Å². The van der Waals surface area contributed by atoms with Crippen LogP contribution in [0, 0.1) is 0 Å². The minimum Gasteiger partial charge on any atom is -0.368 e. The molecule has 1 fully saturated rings. The van der Waals surface area contributed by atoms with Crippen LogP contribution < -0.4 is 0 Å². The van der Waals surface area contributed by atoms with Gasteiger partial charge in [-0.3, -0.25) is 0 Å². The van der Waals surface area contributed by atoms with Crippen LogP contribution in [0.1, 0.15) is 30.4 Å². The Morgan fingerprint density at radius 2 is 1.91 bits per heavy atom. The lowest BCUT2D eigenvalue weighted by molar-refractivity contribution is -0.0556. The van der Waals surface area contributed by atoms with Crippen LogP contribution in [0.2, 0.25) is 0 Å². The van der Waals surface area contributed by atoms with Crippen molar-refractivity contribution < 1.29 is 13.2 Å². The van der Waals surface area contributed by atoms with Crippen molar-refractivity contribution in [3.05, 3.63) is 52.9 Å². The standard InChI is InChI=1S/C17H21NO3S2/c1-3-15-9-10-17(22-15)23(19,20)18-11-13(2)21-16(12-18)14-7-5-4-6-8-14/h4-10,13,16H,3,11-12H2,1-2H3. The number of hydrogen-bond donors (Lipinski definition) is 0. The zero-order valence-corrected chi connectivity index (χ0v) is 14.9. The molecule has 6 heteroatoms. The average molecular weight is 351 g/mol. The first-order valence-electron chi connectivity index (χ1n) is 7.80. The molecule has 23 heavy (non-hydrogen) atoms. The molecule has 1 saturated heterocycles. The molecule has 0 amide bonds. The Kier molecular flexibility index (Phi) is 4.87. The van der Waals surface area contributed by atoms with E-state index in [0.29, 0.717) is 17.3 Å². The number of thiophene rings is 1. The Morgan fingerprint density at radius 3 is 2.57 bits per heavy atom. The van der Waals surface area contributed by atoms with E-state index in [1.54, 1.807) is 10.4 Å². The fourth-order valence-corrected chi connectivity index (χ4v) is 5.74. The van der Waals surface area contributed by atoms with Crippen LogP contribution in [-0.4, -0.2) is 31.9 Å². The quantitative estimate of drug-likeness (QED) is 0.847. The van der Waals surface area contributed by atoms with Gasteiger partial charge in [-0.15, -0.1) is 11.3 Å². The van der Waals surface area contributed by atoms with Gasteiger partial charge < -0.3 is 4.74 Å². The van der Waals surface area contributed by atoms with Crippen molar-refractivity contribution in [3.8, 4) is 0 Å². The van der Waals surface area contributed by atoms with Crippen LogP contribution in [-0.2, 0) is 21.2 Å². The molecule has 2 aromatic rings. The molecule has 4 nitrogen and oxygen atoms in total. The summed E-state index contributed by atoms with van der Waals surface area (Å²) in [4.78, 5) is 1.09. The Morgan fingerprint density at radius 1 is 1.17 bits per heavy atom. The summed E-state index contributed by atoms with van der Waals surface area (Å²) < 4.78 is 33.8. The number of sulfonamides is 1. The van der Waals surface area contributed by atoms with Crippen molar-refractivity contribution in [2.75, 3.05) is 13.1 Å². The maximum Gasteiger partial charge on any atom is 0.252 e. The number of nitrogens with zero attached hydrogens (tertiary/aromatic N) is 1. The average Bonchev–Trinajstić information content (AvgIpc) is 3.05. The summed E-state index contributed by atoms with van der Waals surface area (Å²) in [6.07, 6.45) is 0.501. The Labute approximate surface area is 141 Å². The maximum absolute atomic E-state index is 12.9. The van der Waals surface area contributed by atoms with E-state index < -0.39 is 10.0 Å². The second-order valence-corrected chi connectivity index (χ2v) is 9.08. The number of morpholine rings is 1. The Hall–Kier alpha value is -1.21. The fourth-order valence-electron chi connectivity index (χ4n) is 2.77. The van der Waals surface area contributed by atoms with Crippen LogP contribution in [0.5, 0.6) is 0 Å². The molecule has 2 heterocycles. The third-order valence-corrected chi connectivity index (χ3v) is 7.51. The van der Waals surface area contributed by atoms with E-state index >= 15 is 0 Å². The smallest absolute Gasteiger partial charge is 0.252 e. The van der Waals surface area contributed by atoms with Crippen molar-refractivity contribution >= 4 is 21.4 Å². The van der Waals surface area contributed by atoms with Crippen molar-refractivity contribution in [1.82, 2.24) is 4.31 Å². The highest BCUT2D eigenvalue weighted by atomic mass is 32.2. The molecular formula is C17H21NO3S2. The van der Waals surface area contributed by atoms with Crippen molar-refractivity contribution in [3.63, 3.8) is 0 Å². The minimum absolute atomic E-state index is 0.130. The molecule has 1 aromatic heterocycles. The molecule has 1 aliphatic rings. The maximum atomic E-state index is 12.9. The molecule has 0 saturated carbocycles. The summed E-state index contributed by atoms with van der Waals surface area (Å²) in [6.45, 7) is 4.70. The van der Waals surface area contributed by atoms with E-state index in [0.717, 1.165) is 16.9 Å². The number of benzene rings is 1. The van der Waals surface area contributed by atoms with Crippen LogP contribution in [0.15, 0.2) is 46.7 Å². The first-order chi connectivity index (χ1) is 11.0. The highest BCUT2D eigenvalue weighted by molar-refractivity contribution is 7.91. The highest BCUT2D eigenvalue weighted by Crippen LogP contribution is 2.31. The van der Waals surface area contributed by atoms with Gasteiger partial charge in [0.05, 0.1) is 12.2 Å². The molecule has 124 valence electrons. The molecule has 2 atom stereocenters.